The van der Waals surface area contributed by atoms with Crippen LogP contribution >= 0.6 is 0 Å². The molecule has 0 saturated carbocycles. The predicted molar refractivity (Wildman–Crippen MR) is 99.8 cm³/mol. The van der Waals surface area contributed by atoms with E-state index in [2.05, 4.69) is 4.98 Å². The highest BCUT2D eigenvalue weighted by Crippen LogP contribution is 2.29. The van der Waals surface area contributed by atoms with Gasteiger partial charge in [0.2, 0.25) is 0 Å². The van der Waals surface area contributed by atoms with Gasteiger partial charge in [-0.25, -0.2) is 9.78 Å². The Morgan fingerprint density at radius 2 is 1.65 bits per heavy atom. The molecule has 0 aliphatic heterocycles. The van der Waals surface area contributed by atoms with Crippen molar-refractivity contribution in [3.8, 4) is 11.5 Å². The number of para-hydroxylation sites is 3. The molecule has 0 fully saturated rings. The van der Waals surface area contributed by atoms with E-state index in [0.717, 1.165) is 16.5 Å². The van der Waals surface area contributed by atoms with Crippen LogP contribution in [-0.2, 0) is 11.3 Å². The molecule has 2 aromatic carbocycles. The van der Waals surface area contributed by atoms with E-state index in [4.69, 9.17) is 14.2 Å². The second-order valence-electron chi connectivity index (χ2n) is 5.74. The Morgan fingerprint density at radius 3 is 2.35 bits per heavy atom. The quantitative estimate of drug-likeness (QED) is 0.620. The lowest BCUT2D eigenvalue weighted by atomic mass is 10.0. The van der Waals surface area contributed by atoms with Crippen LogP contribution in [0, 0.1) is 6.92 Å². The summed E-state index contributed by atoms with van der Waals surface area (Å²) in [5.74, 6) is 0.849. The van der Waals surface area contributed by atoms with E-state index >= 15 is 0 Å². The number of methoxy groups -OCH3 is 1. The van der Waals surface area contributed by atoms with E-state index in [9.17, 15) is 4.79 Å². The third-order valence-corrected chi connectivity index (χ3v) is 4.13. The normalized spacial score (nSPS) is 10.6. The van der Waals surface area contributed by atoms with Crippen molar-refractivity contribution in [3.05, 3.63) is 65.4 Å². The molecule has 0 N–H and O–H groups in total. The Bertz CT molecular complexity index is 936. The van der Waals surface area contributed by atoms with Gasteiger partial charge >= 0.3 is 5.97 Å². The van der Waals surface area contributed by atoms with Gasteiger partial charge in [-0.2, -0.15) is 0 Å². The van der Waals surface area contributed by atoms with E-state index in [1.807, 2.05) is 62.4 Å². The molecule has 0 atom stereocenters. The molecule has 0 radical (unpaired) electrons. The lowest BCUT2D eigenvalue weighted by molar-refractivity contribution is 0.0596. The Labute approximate surface area is 152 Å². The summed E-state index contributed by atoms with van der Waals surface area (Å²) in [5, 5.41) is 0.923. The minimum Gasteiger partial charge on any atom is -0.490 e. The highest BCUT2D eigenvalue weighted by atomic mass is 16.5. The Morgan fingerprint density at radius 1 is 1.00 bits per heavy atom. The summed E-state index contributed by atoms with van der Waals surface area (Å²) in [4.78, 5) is 17.0. The molecule has 5 nitrogen and oxygen atoms in total. The zero-order valence-corrected chi connectivity index (χ0v) is 15.1. The molecule has 1 heterocycles. The van der Waals surface area contributed by atoms with Crippen molar-refractivity contribution in [1.29, 1.82) is 0 Å². The zero-order chi connectivity index (χ0) is 18.5. The van der Waals surface area contributed by atoms with Crippen LogP contribution in [0.3, 0.4) is 0 Å². The van der Waals surface area contributed by atoms with Crippen LogP contribution in [0.15, 0.2) is 48.5 Å². The summed E-state index contributed by atoms with van der Waals surface area (Å²) in [6.45, 7) is 4.50. The van der Waals surface area contributed by atoms with Crippen LogP contribution in [-0.4, -0.2) is 24.7 Å². The minimum absolute atomic E-state index is 0.139. The number of ether oxygens (including phenoxy) is 3. The smallest absolute Gasteiger partial charge is 0.340 e. The molecule has 3 rings (SSSR count). The fourth-order valence-electron chi connectivity index (χ4n) is 2.91. The third-order valence-electron chi connectivity index (χ3n) is 4.13. The topological polar surface area (TPSA) is 57.7 Å². The summed E-state index contributed by atoms with van der Waals surface area (Å²) in [6.07, 6.45) is 0. The summed E-state index contributed by atoms with van der Waals surface area (Å²) >= 11 is 0. The van der Waals surface area contributed by atoms with Gasteiger partial charge in [-0.3, -0.25) is 0 Å². The van der Waals surface area contributed by atoms with Gasteiger partial charge in [0.05, 0.1) is 30.5 Å². The number of pyridine rings is 1. The zero-order valence-electron chi connectivity index (χ0n) is 15.1. The first kappa shape index (κ1) is 17.7. The number of hydrogen-bond acceptors (Lipinski definition) is 5. The largest absolute Gasteiger partial charge is 0.490 e. The fourth-order valence-corrected chi connectivity index (χ4v) is 2.91. The number of esters is 1. The molecule has 0 saturated heterocycles. The van der Waals surface area contributed by atoms with Gasteiger partial charge in [-0.05, 0) is 37.6 Å². The van der Waals surface area contributed by atoms with Gasteiger partial charge in [0.1, 0.15) is 6.61 Å². The second kappa shape index (κ2) is 7.87. The van der Waals surface area contributed by atoms with Crippen molar-refractivity contribution in [3.63, 3.8) is 0 Å². The lowest BCUT2D eigenvalue weighted by Gasteiger charge is -2.15. The standard InChI is InChI=1S/C21H21NO4/c1-4-25-18-11-7-8-12-19(18)26-13-17-20(21(23)24-3)14(2)15-9-5-6-10-16(15)22-17/h5-12H,4,13H2,1-3H3. The molecule has 0 amide bonds. The molecule has 3 aromatic rings. The van der Waals surface area contributed by atoms with Gasteiger partial charge in [-0.15, -0.1) is 0 Å². The van der Waals surface area contributed by atoms with Crippen molar-refractivity contribution in [2.75, 3.05) is 13.7 Å². The summed E-state index contributed by atoms with van der Waals surface area (Å²) in [6, 6.07) is 15.1. The maximum Gasteiger partial charge on any atom is 0.340 e. The van der Waals surface area contributed by atoms with E-state index in [-0.39, 0.29) is 6.61 Å². The average Bonchev–Trinajstić information content (AvgIpc) is 2.67. The molecule has 1 aromatic heterocycles. The average molecular weight is 351 g/mol. The first-order chi connectivity index (χ1) is 12.7. The van der Waals surface area contributed by atoms with Gasteiger partial charge in [0.25, 0.3) is 0 Å². The van der Waals surface area contributed by atoms with Crippen LogP contribution in [0.2, 0.25) is 0 Å². The number of fused-ring (bicyclic) bond motifs is 1. The number of hydrogen-bond donors (Lipinski definition) is 0. The number of aromatic nitrogens is 1. The van der Waals surface area contributed by atoms with Crippen LogP contribution in [0.4, 0.5) is 0 Å². The molecule has 134 valence electrons. The van der Waals surface area contributed by atoms with Crippen LogP contribution in [0.25, 0.3) is 10.9 Å². The number of aryl methyl sites for hydroxylation is 1. The third kappa shape index (κ3) is 3.47. The maximum atomic E-state index is 12.3. The Balaban J connectivity index is 2.00. The summed E-state index contributed by atoms with van der Waals surface area (Å²) in [7, 11) is 1.37. The molecule has 0 spiro atoms. The summed E-state index contributed by atoms with van der Waals surface area (Å²) in [5.41, 5.74) is 2.63. The second-order valence-corrected chi connectivity index (χ2v) is 5.74. The molecule has 0 bridgehead atoms. The number of nitrogens with zero attached hydrogens (tertiary/aromatic N) is 1. The van der Waals surface area contributed by atoms with Crippen molar-refractivity contribution in [2.45, 2.75) is 20.5 Å². The monoisotopic (exact) mass is 351 g/mol. The van der Waals surface area contributed by atoms with E-state index < -0.39 is 5.97 Å². The molecular weight excluding hydrogens is 330 g/mol. The Hall–Kier alpha value is -3.08. The number of benzene rings is 2. The van der Waals surface area contributed by atoms with Gasteiger partial charge in [0.15, 0.2) is 11.5 Å². The van der Waals surface area contributed by atoms with E-state index in [0.29, 0.717) is 29.4 Å². The Kier molecular flexibility index (Phi) is 5.37. The van der Waals surface area contributed by atoms with Gasteiger partial charge < -0.3 is 14.2 Å². The molecular formula is C21H21NO4. The molecule has 26 heavy (non-hydrogen) atoms. The minimum atomic E-state index is -0.419. The fraction of sp³-hybridized carbons (Fsp3) is 0.238. The van der Waals surface area contributed by atoms with Gasteiger partial charge in [0, 0.05) is 5.39 Å². The van der Waals surface area contributed by atoms with E-state index in [1.54, 1.807) is 0 Å². The lowest BCUT2D eigenvalue weighted by Crippen LogP contribution is -2.13. The molecule has 0 aliphatic rings. The van der Waals surface area contributed by atoms with Gasteiger partial charge in [-0.1, -0.05) is 30.3 Å². The highest BCUT2D eigenvalue weighted by Gasteiger charge is 2.20. The predicted octanol–water partition coefficient (Wildman–Crippen LogP) is 4.31. The van der Waals surface area contributed by atoms with Crippen LogP contribution in [0.5, 0.6) is 11.5 Å². The van der Waals surface area contributed by atoms with E-state index in [1.165, 1.54) is 7.11 Å². The van der Waals surface area contributed by atoms with Crippen LogP contribution in [0.1, 0.15) is 28.5 Å². The first-order valence-electron chi connectivity index (χ1n) is 8.46. The molecule has 0 aliphatic carbocycles. The first-order valence-corrected chi connectivity index (χ1v) is 8.46. The number of carbonyl (C=O) groups is 1. The molecule has 0 unspecified atom stereocenters. The number of carbonyl (C=O) groups excluding carboxylic acids is 1. The summed E-state index contributed by atoms with van der Waals surface area (Å²) < 4.78 is 16.5. The van der Waals surface area contributed by atoms with Crippen molar-refractivity contribution < 1.29 is 19.0 Å². The SMILES string of the molecule is CCOc1ccccc1OCc1nc2ccccc2c(C)c1C(=O)OC. The van der Waals surface area contributed by atoms with Crippen molar-refractivity contribution in [1.82, 2.24) is 4.98 Å². The highest BCUT2D eigenvalue weighted by molar-refractivity contribution is 5.98. The molecule has 5 heteroatoms. The van der Waals surface area contributed by atoms with Crippen molar-refractivity contribution in [2.24, 2.45) is 0 Å². The van der Waals surface area contributed by atoms with Crippen LogP contribution < -0.4 is 9.47 Å². The maximum absolute atomic E-state index is 12.3. The van der Waals surface area contributed by atoms with Crippen molar-refractivity contribution >= 4 is 16.9 Å². The number of rotatable bonds is 6.